The van der Waals surface area contributed by atoms with Gasteiger partial charge in [0.25, 0.3) is 0 Å². The van der Waals surface area contributed by atoms with Gasteiger partial charge >= 0.3 is 0 Å². The van der Waals surface area contributed by atoms with Crippen LogP contribution in [0.3, 0.4) is 0 Å². The lowest BCUT2D eigenvalue weighted by atomic mass is 9.96. The van der Waals surface area contributed by atoms with Crippen LogP contribution in [0.15, 0.2) is 124 Å². The van der Waals surface area contributed by atoms with Gasteiger partial charge in [0.1, 0.15) is 0 Å². The molecular weight excluding hydrogens is 727 g/mol. The molecule has 13 aromatic rings. The minimum Gasteiger partial charge on any atom is -0.354 e. The topological polar surface area (TPSA) is 98.6 Å². The quantitative estimate of drug-likeness (QED) is 0.106. The molecular formula is C45H21N3O3S3. The molecule has 0 aliphatic heterocycles. The van der Waals surface area contributed by atoms with Crippen LogP contribution < -0.4 is 16.3 Å². The number of aromatic amines is 3. The Morgan fingerprint density at radius 1 is 0.296 bits per heavy atom. The molecule has 0 saturated heterocycles. The summed E-state index contributed by atoms with van der Waals surface area (Å²) < 4.78 is 6.26. The Hall–Kier alpha value is -6.39. The van der Waals surface area contributed by atoms with Crippen LogP contribution in [-0.4, -0.2) is 15.0 Å². The van der Waals surface area contributed by atoms with Crippen molar-refractivity contribution in [2.24, 2.45) is 0 Å². The molecule has 0 radical (unpaired) electrons. The zero-order valence-electron chi connectivity index (χ0n) is 27.8. The maximum Gasteiger partial charge on any atom is 0.200 e. The van der Waals surface area contributed by atoms with E-state index in [0.29, 0.717) is 65.4 Å². The maximum atomic E-state index is 15.4. The normalized spacial score (nSPS) is 12.7. The predicted molar refractivity (Wildman–Crippen MR) is 232 cm³/mol. The second kappa shape index (κ2) is 9.97. The van der Waals surface area contributed by atoms with Gasteiger partial charge < -0.3 is 15.0 Å². The van der Waals surface area contributed by atoms with Gasteiger partial charge in [0.05, 0.1) is 65.4 Å². The molecule has 3 N–H and O–H groups in total. The molecule has 6 nitrogen and oxygen atoms in total. The van der Waals surface area contributed by atoms with Crippen molar-refractivity contribution in [3.05, 3.63) is 140 Å². The Bertz CT molecular complexity index is 3650. The molecule has 0 saturated carbocycles. The van der Waals surface area contributed by atoms with E-state index in [1.54, 1.807) is 34.0 Å². The van der Waals surface area contributed by atoms with Crippen LogP contribution in [-0.2, 0) is 0 Å². The van der Waals surface area contributed by atoms with Gasteiger partial charge in [-0.2, -0.15) is 0 Å². The Balaban J connectivity index is 1.35. The molecule has 0 fully saturated rings. The number of benzene rings is 7. The summed E-state index contributed by atoms with van der Waals surface area (Å²) in [6.45, 7) is 0. The van der Waals surface area contributed by atoms with Crippen LogP contribution in [0.5, 0.6) is 0 Å². The zero-order chi connectivity index (χ0) is 35.6. The number of nitrogens with one attached hydrogen (secondary N) is 3. The van der Waals surface area contributed by atoms with E-state index < -0.39 is 0 Å². The molecule has 0 atom stereocenters. The average Bonchev–Trinajstić information content (AvgIpc) is 3.89. The number of thiophene rings is 3. The first-order valence-electron chi connectivity index (χ1n) is 17.6. The highest BCUT2D eigenvalue weighted by Gasteiger charge is 2.25. The highest BCUT2D eigenvalue weighted by Crippen LogP contribution is 2.42. The van der Waals surface area contributed by atoms with E-state index in [1.807, 2.05) is 72.8 Å². The molecule has 0 unspecified atom stereocenters. The van der Waals surface area contributed by atoms with E-state index >= 15 is 14.4 Å². The molecule has 6 heterocycles. The lowest BCUT2D eigenvalue weighted by Gasteiger charge is -2.14. The van der Waals surface area contributed by atoms with E-state index in [9.17, 15) is 0 Å². The second-order valence-corrected chi connectivity index (χ2v) is 17.2. The minimum absolute atomic E-state index is 0.226. The van der Waals surface area contributed by atoms with Gasteiger partial charge in [-0.1, -0.05) is 54.6 Å². The van der Waals surface area contributed by atoms with Crippen molar-refractivity contribution < 1.29 is 0 Å². The van der Waals surface area contributed by atoms with Crippen molar-refractivity contribution in [1.29, 1.82) is 0 Å². The Labute approximate surface area is 313 Å². The van der Waals surface area contributed by atoms with Crippen molar-refractivity contribution in [3.63, 3.8) is 0 Å². The average molecular weight is 748 g/mol. The molecule has 7 aromatic carbocycles. The predicted octanol–water partition coefficient (Wildman–Crippen LogP) is 11.8. The van der Waals surface area contributed by atoms with E-state index in [0.717, 1.165) is 60.5 Å². The number of pyridine rings is 3. The number of H-pyrrole nitrogens is 3. The lowest BCUT2D eigenvalue weighted by molar-refractivity contribution is 1.45. The van der Waals surface area contributed by atoms with Gasteiger partial charge in [0.2, 0.25) is 0 Å². The summed E-state index contributed by atoms with van der Waals surface area (Å²) in [5, 5.41) is 8.15. The summed E-state index contributed by atoms with van der Waals surface area (Å²) in [5.41, 5.74) is 2.45. The van der Waals surface area contributed by atoms with Gasteiger partial charge in [-0.25, -0.2) is 0 Å². The van der Waals surface area contributed by atoms with Crippen molar-refractivity contribution in [2.75, 3.05) is 0 Å². The van der Waals surface area contributed by atoms with E-state index in [1.165, 1.54) is 0 Å². The Kier molecular flexibility index (Phi) is 5.38. The van der Waals surface area contributed by atoms with Crippen LogP contribution in [0.1, 0.15) is 0 Å². The van der Waals surface area contributed by atoms with Gasteiger partial charge in [-0.05, 0) is 54.6 Å². The molecule has 0 aliphatic rings. The monoisotopic (exact) mass is 747 g/mol. The molecule has 0 amide bonds. The highest BCUT2D eigenvalue weighted by molar-refractivity contribution is 7.26. The third kappa shape index (κ3) is 3.48. The molecule has 9 heteroatoms. The maximum absolute atomic E-state index is 15.4. The number of rotatable bonds is 0. The van der Waals surface area contributed by atoms with E-state index in [4.69, 9.17) is 0 Å². The van der Waals surface area contributed by atoms with Crippen molar-refractivity contribution in [2.45, 2.75) is 0 Å². The molecule has 6 aromatic heterocycles. The fourth-order valence-electron chi connectivity index (χ4n) is 9.06. The molecule has 13 rings (SSSR count). The van der Waals surface area contributed by atoms with E-state index in [-0.39, 0.29) is 16.3 Å². The minimum atomic E-state index is -0.226. The van der Waals surface area contributed by atoms with Crippen molar-refractivity contribution in [1.82, 2.24) is 15.0 Å². The standard InChI is InChI=1S/C45H21N3O3S3/c49-43-34-22(13-16-28-31(34)19-7-1-4-10-25(19)52-28)46-40-37(43)41-39(45(51)35-23(47-41)14-17-29-32(35)20-8-2-5-11-26(20)53-29)42-38(40)44(50)36-24(48-42)15-18-30-33(36)21-9-3-6-12-27(21)54-30/h1-18H,(H,46,49)(H,47,51)(H,48,50). The third-order valence-electron chi connectivity index (χ3n) is 11.3. The summed E-state index contributed by atoms with van der Waals surface area (Å²) in [5.74, 6) is 0. The van der Waals surface area contributed by atoms with Crippen LogP contribution >= 0.6 is 34.0 Å². The zero-order valence-corrected chi connectivity index (χ0v) is 30.3. The van der Waals surface area contributed by atoms with Crippen LogP contribution in [0.4, 0.5) is 0 Å². The molecule has 0 bridgehead atoms. The van der Waals surface area contributed by atoms with Gasteiger partial charge in [-0.15, -0.1) is 34.0 Å². The summed E-state index contributed by atoms with van der Waals surface area (Å²) in [4.78, 5) is 56.9. The summed E-state index contributed by atoms with van der Waals surface area (Å²) in [7, 11) is 0. The third-order valence-corrected chi connectivity index (χ3v) is 14.7. The summed E-state index contributed by atoms with van der Waals surface area (Å²) in [6, 6.07) is 36.3. The van der Waals surface area contributed by atoms with Crippen LogP contribution in [0, 0.1) is 0 Å². The number of aromatic nitrogens is 3. The first-order valence-corrected chi connectivity index (χ1v) is 20.0. The number of hydrogen-bond acceptors (Lipinski definition) is 6. The SMILES string of the molecule is O=c1c2c([nH]c3ccc4sc5ccccc5c4c13)c1c(=O)c3c(ccc4sc5ccccc5c43)[nH]c1c1c(=O)c3c(ccc4sc5ccccc5c43)[nH]c21. The first-order chi connectivity index (χ1) is 26.5. The highest BCUT2D eigenvalue weighted by atomic mass is 32.1. The smallest absolute Gasteiger partial charge is 0.200 e. The van der Waals surface area contributed by atoms with Gasteiger partial charge in [0.15, 0.2) is 16.3 Å². The van der Waals surface area contributed by atoms with Crippen molar-refractivity contribution in [3.8, 4) is 0 Å². The molecule has 54 heavy (non-hydrogen) atoms. The second-order valence-electron chi connectivity index (χ2n) is 14.0. The molecule has 0 spiro atoms. The first kappa shape index (κ1) is 29.1. The largest absolute Gasteiger partial charge is 0.354 e. The number of hydrogen-bond donors (Lipinski definition) is 3. The van der Waals surface area contributed by atoms with Crippen LogP contribution in [0.2, 0.25) is 0 Å². The molecule has 0 aliphatic carbocycles. The lowest BCUT2D eigenvalue weighted by Crippen LogP contribution is -2.15. The van der Waals surface area contributed by atoms with Gasteiger partial charge in [-0.3, -0.25) is 14.4 Å². The van der Waals surface area contributed by atoms with Crippen LogP contribution in [0.25, 0.3) is 126 Å². The number of fused-ring (bicyclic) bond motifs is 21. The molecule has 252 valence electrons. The Morgan fingerprint density at radius 3 is 0.907 bits per heavy atom. The fraction of sp³-hybridized carbons (Fsp3) is 0. The van der Waals surface area contributed by atoms with Gasteiger partial charge in [0, 0.05) is 60.5 Å². The van der Waals surface area contributed by atoms with E-state index in [2.05, 4.69) is 51.4 Å². The summed E-state index contributed by atoms with van der Waals surface area (Å²) >= 11 is 4.94. The Morgan fingerprint density at radius 2 is 0.593 bits per heavy atom. The summed E-state index contributed by atoms with van der Waals surface area (Å²) in [6.07, 6.45) is 0. The fourth-order valence-corrected chi connectivity index (χ4v) is 12.4. The van der Waals surface area contributed by atoms with Crippen molar-refractivity contribution >= 4 is 160 Å².